The van der Waals surface area contributed by atoms with Crippen molar-refractivity contribution in [2.45, 2.75) is 31.7 Å². The lowest BCUT2D eigenvalue weighted by Crippen LogP contribution is -2.41. The van der Waals surface area contributed by atoms with Crippen LogP contribution in [0.15, 0.2) is 35.1 Å². The van der Waals surface area contributed by atoms with E-state index in [0.29, 0.717) is 12.6 Å². The lowest BCUT2D eigenvalue weighted by Gasteiger charge is -2.37. The van der Waals surface area contributed by atoms with Gasteiger partial charge in [-0.15, -0.1) is 0 Å². The number of H-pyrrole nitrogens is 1. The maximum atomic E-state index is 12.2. The van der Waals surface area contributed by atoms with Crippen LogP contribution < -0.4 is 16.2 Å². The van der Waals surface area contributed by atoms with Gasteiger partial charge in [-0.05, 0) is 49.7 Å². The molecular weight excluding hydrogens is 250 g/mol. The fourth-order valence-electron chi connectivity index (χ4n) is 3.16. The van der Waals surface area contributed by atoms with Crippen molar-refractivity contribution < 1.29 is 0 Å². The molecule has 1 aromatic heterocycles. The highest BCUT2D eigenvalue weighted by molar-refractivity contribution is 5.83. The predicted molar refractivity (Wildman–Crippen MR) is 83.2 cm³/mol. The number of fused-ring (bicyclic) bond motifs is 1. The number of aromatic nitrogens is 1. The minimum absolute atomic E-state index is 0.00447. The van der Waals surface area contributed by atoms with Gasteiger partial charge in [-0.25, -0.2) is 0 Å². The van der Waals surface area contributed by atoms with Crippen molar-refractivity contribution in [1.29, 1.82) is 0 Å². The van der Waals surface area contributed by atoms with Crippen LogP contribution in [0.1, 0.15) is 25.7 Å². The summed E-state index contributed by atoms with van der Waals surface area (Å²) in [6, 6.07) is 10.3. The number of nitrogens with one attached hydrogen (secondary N) is 1. The molecular formula is C16H21N3O. The number of benzene rings is 1. The zero-order valence-corrected chi connectivity index (χ0v) is 11.6. The molecule has 1 atom stereocenters. The normalized spacial score (nSPS) is 19.4. The van der Waals surface area contributed by atoms with E-state index in [2.05, 4.69) is 16.0 Å². The SMILES string of the molecule is NCCC1CCCCN1c1cc2ccccc2c(=O)[nH]1. The molecule has 1 aliphatic rings. The zero-order valence-electron chi connectivity index (χ0n) is 11.6. The summed E-state index contributed by atoms with van der Waals surface area (Å²) in [4.78, 5) is 17.6. The number of aromatic amines is 1. The molecule has 2 aromatic rings. The van der Waals surface area contributed by atoms with E-state index in [1.807, 2.05) is 24.3 Å². The summed E-state index contributed by atoms with van der Waals surface area (Å²) in [6.45, 7) is 1.69. The highest BCUT2D eigenvalue weighted by Crippen LogP contribution is 2.25. The largest absolute Gasteiger partial charge is 0.355 e. The first-order valence-corrected chi connectivity index (χ1v) is 7.38. The van der Waals surface area contributed by atoms with Gasteiger partial charge in [-0.2, -0.15) is 0 Å². The van der Waals surface area contributed by atoms with E-state index in [-0.39, 0.29) is 5.56 Å². The molecule has 2 heterocycles. The van der Waals surface area contributed by atoms with Crippen LogP contribution in [0, 0.1) is 0 Å². The van der Waals surface area contributed by atoms with Gasteiger partial charge in [0.15, 0.2) is 0 Å². The molecule has 1 unspecified atom stereocenters. The smallest absolute Gasteiger partial charge is 0.257 e. The summed E-state index contributed by atoms with van der Waals surface area (Å²) in [6.07, 6.45) is 4.57. The summed E-state index contributed by atoms with van der Waals surface area (Å²) in [7, 11) is 0. The van der Waals surface area contributed by atoms with Gasteiger partial charge >= 0.3 is 0 Å². The number of rotatable bonds is 3. The van der Waals surface area contributed by atoms with Crippen LogP contribution in [0.3, 0.4) is 0 Å². The molecule has 4 nitrogen and oxygen atoms in total. The molecule has 0 radical (unpaired) electrons. The molecule has 106 valence electrons. The molecule has 0 spiro atoms. The predicted octanol–water partition coefficient (Wildman–Crippen LogP) is 2.24. The Morgan fingerprint density at radius 3 is 3.00 bits per heavy atom. The van der Waals surface area contributed by atoms with Crippen molar-refractivity contribution in [1.82, 2.24) is 4.98 Å². The van der Waals surface area contributed by atoms with Crippen molar-refractivity contribution in [2.75, 3.05) is 18.0 Å². The molecule has 1 aliphatic heterocycles. The second-order valence-corrected chi connectivity index (χ2v) is 5.49. The van der Waals surface area contributed by atoms with E-state index >= 15 is 0 Å². The fourth-order valence-corrected chi connectivity index (χ4v) is 3.16. The van der Waals surface area contributed by atoms with Crippen LogP contribution in [-0.2, 0) is 0 Å². The number of piperidine rings is 1. The monoisotopic (exact) mass is 271 g/mol. The van der Waals surface area contributed by atoms with Gasteiger partial charge in [0.05, 0.1) is 0 Å². The Kier molecular flexibility index (Phi) is 3.74. The van der Waals surface area contributed by atoms with E-state index in [9.17, 15) is 4.79 Å². The van der Waals surface area contributed by atoms with Crippen molar-refractivity contribution in [2.24, 2.45) is 5.73 Å². The van der Waals surface area contributed by atoms with Crippen LogP contribution in [0.5, 0.6) is 0 Å². The molecule has 0 bridgehead atoms. The van der Waals surface area contributed by atoms with E-state index in [1.54, 1.807) is 0 Å². The van der Waals surface area contributed by atoms with Gasteiger partial charge in [-0.1, -0.05) is 18.2 Å². The maximum absolute atomic E-state index is 12.2. The lowest BCUT2D eigenvalue weighted by molar-refractivity contribution is 0.439. The Balaban J connectivity index is 2.02. The molecule has 3 rings (SSSR count). The summed E-state index contributed by atoms with van der Waals surface area (Å²) in [5.41, 5.74) is 5.72. The lowest BCUT2D eigenvalue weighted by atomic mass is 9.99. The van der Waals surface area contributed by atoms with Crippen molar-refractivity contribution in [3.05, 3.63) is 40.7 Å². The third-order valence-corrected chi connectivity index (χ3v) is 4.18. The van der Waals surface area contributed by atoms with Gasteiger partial charge < -0.3 is 15.6 Å². The standard InChI is InChI=1S/C16H21N3O/c17-9-8-13-6-3-4-10-19(13)15-11-12-5-1-2-7-14(12)16(20)18-15/h1-2,5,7,11,13H,3-4,6,8-10,17H2,(H,18,20). The first-order chi connectivity index (χ1) is 9.79. The van der Waals surface area contributed by atoms with Gasteiger partial charge in [0, 0.05) is 18.0 Å². The molecule has 3 N–H and O–H groups in total. The molecule has 1 saturated heterocycles. The number of hydrogen-bond donors (Lipinski definition) is 2. The molecule has 0 saturated carbocycles. The molecule has 1 aromatic carbocycles. The number of nitrogens with zero attached hydrogens (tertiary/aromatic N) is 1. The van der Waals surface area contributed by atoms with Gasteiger partial charge in [0.2, 0.25) is 0 Å². The summed E-state index contributed by atoms with van der Waals surface area (Å²) >= 11 is 0. The third kappa shape index (κ3) is 2.43. The second kappa shape index (κ2) is 5.67. The molecule has 1 fully saturated rings. The van der Waals surface area contributed by atoms with Crippen molar-refractivity contribution >= 4 is 16.6 Å². The quantitative estimate of drug-likeness (QED) is 0.900. The highest BCUT2D eigenvalue weighted by atomic mass is 16.1. The Morgan fingerprint density at radius 2 is 2.15 bits per heavy atom. The van der Waals surface area contributed by atoms with E-state index in [0.717, 1.165) is 36.0 Å². The maximum Gasteiger partial charge on any atom is 0.257 e. The van der Waals surface area contributed by atoms with Gasteiger partial charge in [-0.3, -0.25) is 4.79 Å². The minimum Gasteiger partial charge on any atom is -0.355 e. The van der Waals surface area contributed by atoms with Gasteiger partial charge in [0.1, 0.15) is 5.82 Å². The van der Waals surface area contributed by atoms with E-state index in [4.69, 9.17) is 5.73 Å². The van der Waals surface area contributed by atoms with Crippen LogP contribution in [-0.4, -0.2) is 24.1 Å². The summed E-state index contributed by atoms with van der Waals surface area (Å²) in [5, 5.41) is 1.76. The Bertz CT molecular complexity index is 647. The molecule has 0 amide bonds. The van der Waals surface area contributed by atoms with Crippen LogP contribution >= 0.6 is 0 Å². The minimum atomic E-state index is -0.00447. The van der Waals surface area contributed by atoms with Gasteiger partial charge in [0.25, 0.3) is 5.56 Å². The third-order valence-electron chi connectivity index (χ3n) is 4.18. The molecule has 4 heteroatoms. The summed E-state index contributed by atoms with van der Waals surface area (Å²) in [5.74, 6) is 0.937. The first kappa shape index (κ1) is 13.2. The fraction of sp³-hybridized carbons (Fsp3) is 0.438. The number of pyridine rings is 1. The second-order valence-electron chi connectivity index (χ2n) is 5.49. The van der Waals surface area contributed by atoms with Crippen molar-refractivity contribution in [3.63, 3.8) is 0 Å². The van der Waals surface area contributed by atoms with Crippen molar-refractivity contribution in [3.8, 4) is 0 Å². The van der Waals surface area contributed by atoms with Crippen LogP contribution in [0.4, 0.5) is 5.82 Å². The average Bonchev–Trinajstić information content (AvgIpc) is 2.48. The van der Waals surface area contributed by atoms with E-state index in [1.165, 1.54) is 12.8 Å². The summed E-state index contributed by atoms with van der Waals surface area (Å²) < 4.78 is 0. The van der Waals surface area contributed by atoms with Crippen LogP contribution in [0.2, 0.25) is 0 Å². The highest BCUT2D eigenvalue weighted by Gasteiger charge is 2.22. The number of hydrogen-bond acceptors (Lipinski definition) is 3. The number of nitrogens with two attached hydrogens (primary N) is 1. The number of anilines is 1. The zero-order chi connectivity index (χ0) is 13.9. The Morgan fingerprint density at radius 1 is 1.30 bits per heavy atom. The van der Waals surface area contributed by atoms with E-state index < -0.39 is 0 Å². The topological polar surface area (TPSA) is 62.1 Å². The molecule has 20 heavy (non-hydrogen) atoms. The average molecular weight is 271 g/mol. The van der Waals surface area contributed by atoms with Crippen LogP contribution in [0.25, 0.3) is 10.8 Å². The molecule has 0 aliphatic carbocycles. The Labute approximate surface area is 118 Å². The Hall–Kier alpha value is -1.81. The first-order valence-electron chi connectivity index (χ1n) is 7.38.